The molecule has 1 atom stereocenters. The number of carbonyl (C=O) groups excluding carboxylic acids is 1. The number of ether oxygens (including phenoxy) is 1. The molecule has 1 aliphatic heterocycles. The van der Waals surface area contributed by atoms with Crippen LogP contribution in [0.1, 0.15) is 35.5 Å². The first-order valence-corrected chi connectivity index (χ1v) is 13.6. The molecule has 0 amide bonds. The first-order valence-electron chi connectivity index (χ1n) is 12.4. The Morgan fingerprint density at radius 1 is 1.12 bits per heavy atom. The second-order valence-corrected chi connectivity index (χ2v) is 10.7. The Kier molecular flexibility index (Phi) is 7.52. The van der Waals surface area contributed by atoms with Gasteiger partial charge in [-0.3, -0.25) is 9.36 Å². The van der Waals surface area contributed by atoms with Crippen molar-refractivity contribution in [1.82, 2.24) is 9.13 Å². The molecule has 212 valence electrons. The number of aromatic nitrogens is 2. The van der Waals surface area contributed by atoms with E-state index in [9.17, 15) is 27.2 Å². The fraction of sp³-hybridized carbons (Fsp3) is 0.207. The largest absolute Gasteiger partial charge is 0.463 e. The summed E-state index contributed by atoms with van der Waals surface area (Å²) >= 11 is 6.80. The zero-order chi connectivity index (χ0) is 29.6. The van der Waals surface area contributed by atoms with Crippen molar-refractivity contribution in [3.05, 3.63) is 119 Å². The number of aryl methyl sites for hydroxylation is 1. The van der Waals surface area contributed by atoms with Crippen molar-refractivity contribution in [3.8, 4) is 5.69 Å². The molecule has 5 rings (SSSR count). The molecule has 0 saturated heterocycles. The number of thiazole rings is 1. The molecule has 0 saturated carbocycles. The number of hydrogen-bond donors (Lipinski definition) is 0. The van der Waals surface area contributed by atoms with Crippen LogP contribution in [-0.4, -0.2) is 27.9 Å². The minimum Gasteiger partial charge on any atom is -0.463 e. The molecule has 4 aromatic rings. The summed E-state index contributed by atoms with van der Waals surface area (Å²) in [5.41, 5.74) is 0.293. The number of hydrogen-bond acceptors (Lipinski definition) is 5. The number of halogens is 5. The molecule has 2 aromatic carbocycles. The van der Waals surface area contributed by atoms with Crippen molar-refractivity contribution in [2.24, 2.45) is 4.99 Å². The minimum atomic E-state index is -5.00. The molecular weight excluding hydrogens is 582 g/mol. The van der Waals surface area contributed by atoms with Gasteiger partial charge in [-0.05, 0) is 80.4 Å². The average molecular weight is 604 g/mol. The summed E-state index contributed by atoms with van der Waals surface area (Å²) < 4.78 is 64.4. The zero-order valence-corrected chi connectivity index (χ0v) is 23.5. The number of benzene rings is 2. The van der Waals surface area contributed by atoms with E-state index in [4.69, 9.17) is 16.3 Å². The van der Waals surface area contributed by atoms with E-state index in [1.54, 1.807) is 18.2 Å². The van der Waals surface area contributed by atoms with Crippen molar-refractivity contribution in [2.75, 3.05) is 6.61 Å². The van der Waals surface area contributed by atoms with Gasteiger partial charge in [0.25, 0.3) is 5.56 Å². The van der Waals surface area contributed by atoms with Crippen LogP contribution in [0.2, 0.25) is 5.02 Å². The third-order valence-corrected chi connectivity index (χ3v) is 7.86. The minimum absolute atomic E-state index is 0.119. The smallest absolute Gasteiger partial charge is 0.434 e. The fourth-order valence-corrected chi connectivity index (χ4v) is 5.98. The quantitative estimate of drug-likeness (QED) is 0.222. The SMILES string of the molecule is CCOC(=O)C1=C(C(F)(F)F)N=c2s/c(=C\c3cc(C)n(-c4ccc(F)cc4)c3C)c(=O)n2[C@H]1c1ccc(Cl)cc1. The van der Waals surface area contributed by atoms with Gasteiger partial charge in [0.1, 0.15) is 5.82 Å². The van der Waals surface area contributed by atoms with Crippen molar-refractivity contribution in [3.63, 3.8) is 0 Å². The summed E-state index contributed by atoms with van der Waals surface area (Å²) in [6.45, 7) is 4.96. The third-order valence-electron chi connectivity index (χ3n) is 6.62. The molecule has 0 unspecified atom stereocenters. The molecule has 3 heterocycles. The topological polar surface area (TPSA) is 65.6 Å². The average Bonchev–Trinajstić information content (AvgIpc) is 3.38. The predicted octanol–water partition coefficient (Wildman–Crippen LogP) is 5.54. The lowest BCUT2D eigenvalue weighted by Gasteiger charge is -2.26. The molecule has 0 N–H and O–H groups in total. The van der Waals surface area contributed by atoms with Crippen molar-refractivity contribution in [2.45, 2.75) is 33.0 Å². The first kappa shape index (κ1) is 28.6. The van der Waals surface area contributed by atoms with Gasteiger partial charge in [0.2, 0.25) is 0 Å². The number of allylic oxidation sites excluding steroid dienone is 1. The van der Waals surface area contributed by atoms with E-state index >= 15 is 0 Å². The lowest BCUT2D eigenvalue weighted by atomic mass is 9.95. The normalized spacial score (nSPS) is 15.6. The maximum absolute atomic E-state index is 14.3. The van der Waals surface area contributed by atoms with Crippen LogP contribution >= 0.6 is 22.9 Å². The van der Waals surface area contributed by atoms with Gasteiger partial charge in [-0.15, -0.1) is 0 Å². The van der Waals surface area contributed by atoms with E-state index < -0.39 is 35.0 Å². The predicted molar refractivity (Wildman–Crippen MR) is 147 cm³/mol. The highest BCUT2D eigenvalue weighted by molar-refractivity contribution is 7.07. The van der Waals surface area contributed by atoms with E-state index in [-0.39, 0.29) is 27.3 Å². The van der Waals surface area contributed by atoms with Crippen molar-refractivity contribution >= 4 is 35.0 Å². The second-order valence-electron chi connectivity index (χ2n) is 9.25. The number of fused-ring (bicyclic) bond motifs is 1. The Morgan fingerprint density at radius 2 is 1.78 bits per heavy atom. The number of esters is 1. The monoisotopic (exact) mass is 603 g/mol. The molecular formula is C29H22ClF4N3O3S. The van der Waals surface area contributed by atoms with Gasteiger partial charge in [0, 0.05) is 22.1 Å². The highest BCUT2D eigenvalue weighted by Gasteiger charge is 2.45. The Labute approximate surface area is 240 Å². The van der Waals surface area contributed by atoms with Crippen LogP contribution in [0.5, 0.6) is 0 Å². The van der Waals surface area contributed by atoms with Gasteiger partial charge in [-0.2, -0.15) is 13.2 Å². The van der Waals surface area contributed by atoms with Crippen LogP contribution in [0.15, 0.2) is 75.7 Å². The molecule has 6 nitrogen and oxygen atoms in total. The van der Waals surface area contributed by atoms with E-state index in [0.29, 0.717) is 16.3 Å². The van der Waals surface area contributed by atoms with Gasteiger partial charge in [0.05, 0.1) is 22.8 Å². The lowest BCUT2D eigenvalue weighted by Crippen LogP contribution is -2.41. The zero-order valence-electron chi connectivity index (χ0n) is 21.9. The van der Waals surface area contributed by atoms with E-state index in [1.165, 1.54) is 43.3 Å². The maximum Gasteiger partial charge on any atom is 0.434 e. The molecule has 1 aliphatic rings. The van der Waals surface area contributed by atoms with Gasteiger partial charge in [0.15, 0.2) is 10.5 Å². The molecule has 0 fully saturated rings. The van der Waals surface area contributed by atoms with Crippen LogP contribution in [0, 0.1) is 19.7 Å². The Bertz CT molecular complexity index is 1870. The van der Waals surface area contributed by atoms with Gasteiger partial charge < -0.3 is 9.30 Å². The summed E-state index contributed by atoms with van der Waals surface area (Å²) in [7, 11) is 0. The molecule has 0 aliphatic carbocycles. The summed E-state index contributed by atoms with van der Waals surface area (Å²) in [6, 6.07) is 12.1. The highest BCUT2D eigenvalue weighted by Crippen LogP contribution is 2.38. The van der Waals surface area contributed by atoms with Crippen LogP contribution in [0.25, 0.3) is 11.8 Å². The molecule has 0 radical (unpaired) electrons. The molecule has 0 bridgehead atoms. The molecule has 2 aromatic heterocycles. The standard InChI is InChI=1S/C29H22ClF4N3O3S/c1-4-40-27(39)23-24(17-5-7-19(30)8-6-17)37-26(38)22(41-28(37)35-25(23)29(32,33)34)14-18-13-15(2)36(16(18)3)21-11-9-20(31)10-12-21/h5-14,24H,4H2,1-3H3/b22-14-/t24-/m0/s1. The molecule has 41 heavy (non-hydrogen) atoms. The Balaban J connectivity index is 1.75. The van der Waals surface area contributed by atoms with Crippen molar-refractivity contribution < 1.29 is 27.1 Å². The Morgan fingerprint density at radius 3 is 2.39 bits per heavy atom. The van der Waals surface area contributed by atoms with E-state index in [1.807, 2.05) is 24.5 Å². The summed E-state index contributed by atoms with van der Waals surface area (Å²) in [6.07, 6.45) is -3.42. The maximum atomic E-state index is 14.3. The van der Waals surface area contributed by atoms with Gasteiger partial charge >= 0.3 is 12.1 Å². The van der Waals surface area contributed by atoms with E-state index in [0.717, 1.165) is 27.3 Å². The number of nitrogens with zero attached hydrogens (tertiary/aromatic N) is 3. The van der Waals surface area contributed by atoms with Crippen LogP contribution in [0.3, 0.4) is 0 Å². The van der Waals surface area contributed by atoms with Crippen LogP contribution in [0.4, 0.5) is 17.6 Å². The first-order chi connectivity index (χ1) is 19.4. The number of alkyl halides is 3. The summed E-state index contributed by atoms with van der Waals surface area (Å²) in [4.78, 5) is 30.3. The third kappa shape index (κ3) is 5.27. The molecule has 12 heteroatoms. The second kappa shape index (κ2) is 10.8. The number of rotatable bonds is 5. The van der Waals surface area contributed by atoms with Crippen LogP contribution < -0.4 is 14.9 Å². The van der Waals surface area contributed by atoms with E-state index in [2.05, 4.69) is 4.99 Å². The molecule has 0 spiro atoms. The van der Waals surface area contributed by atoms with Crippen molar-refractivity contribution in [1.29, 1.82) is 0 Å². The Hall–Kier alpha value is -3.96. The number of carbonyl (C=O) groups is 1. The van der Waals surface area contributed by atoms with Gasteiger partial charge in [-0.1, -0.05) is 35.1 Å². The summed E-state index contributed by atoms with van der Waals surface area (Å²) in [5, 5.41) is 0.329. The lowest BCUT2D eigenvalue weighted by molar-refractivity contribution is -0.140. The van der Waals surface area contributed by atoms with Crippen LogP contribution in [-0.2, 0) is 9.53 Å². The summed E-state index contributed by atoms with van der Waals surface area (Å²) in [5.74, 6) is -1.60. The fourth-order valence-electron chi connectivity index (χ4n) is 4.86. The van der Waals surface area contributed by atoms with Gasteiger partial charge in [-0.25, -0.2) is 14.2 Å². The highest BCUT2D eigenvalue weighted by atomic mass is 35.5.